The SMILES string of the molecule is CCCOc1ccc(/C=N\NC(=O)C2CCN(S(=O)(=O)c3ccc(OC)c(OC)c3)CC2)cc1OCC. The van der Waals surface area contributed by atoms with Crippen LogP contribution in [0.4, 0.5) is 0 Å². The van der Waals surface area contributed by atoms with Crippen LogP contribution in [-0.4, -0.2) is 65.4 Å². The van der Waals surface area contributed by atoms with E-state index in [0.29, 0.717) is 49.1 Å². The normalized spacial score (nSPS) is 14.9. The van der Waals surface area contributed by atoms with E-state index in [1.807, 2.05) is 32.0 Å². The molecule has 1 fully saturated rings. The Labute approximate surface area is 218 Å². The van der Waals surface area contributed by atoms with E-state index in [0.717, 1.165) is 12.0 Å². The summed E-state index contributed by atoms with van der Waals surface area (Å²) in [5, 5.41) is 4.08. The Kier molecular flexibility index (Phi) is 10.2. The number of ether oxygens (including phenoxy) is 4. The van der Waals surface area contributed by atoms with E-state index >= 15 is 0 Å². The van der Waals surface area contributed by atoms with Gasteiger partial charge >= 0.3 is 0 Å². The summed E-state index contributed by atoms with van der Waals surface area (Å²) in [6.45, 7) is 5.49. The van der Waals surface area contributed by atoms with Crippen LogP contribution in [0.2, 0.25) is 0 Å². The number of nitrogens with one attached hydrogen (secondary N) is 1. The van der Waals surface area contributed by atoms with E-state index in [-0.39, 0.29) is 29.8 Å². The Bertz CT molecular complexity index is 1190. The van der Waals surface area contributed by atoms with Gasteiger partial charge in [0.2, 0.25) is 15.9 Å². The molecule has 3 rings (SSSR count). The molecule has 0 unspecified atom stereocenters. The van der Waals surface area contributed by atoms with E-state index in [2.05, 4.69) is 10.5 Å². The number of methoxy groups -OCH3 is 2. The van der Waals surface area contributed by atoms with Gasteiger partial charge in [-0.25, -0.2) is 13.8 Å². The van der Waals surface area contributed by atoms with Crippen LogP contribution in [0.5, 0.6) is 23.0 Å². The second-order valence-electron chi connectivity index (χ2n) is 8.42. The van der Waals surface area contributed by atoms with Crippen LogP contribution in [0.25, 0.3) is 0 Å². The van der Waals surface area contributed by atoms with Gasteiger partial charge in [0.05, 0.1) is 38.5 Å². The predicted octanol–water partition coefficient (Wildman–Crippen LogP) is 3.44. The summed E-state index contributed by atoms with van der Waals surface area (Å²) < 4.78 is 49.4. The van der Waals surface area contributed by atoms with Gasteiger partial charge in [0.15, 0.2) is 23.0 Å². The Balaban J connectivity index is 1.57. The largest absolute Gasteiger partial charge is 0.493 e. The fourth-order valence-corrected chi connectivity index (χ4v) is 5.44. The lowest BCUT2D eigenvalue weighted by Crippen LogP contribution is -2.42. The van der Waals surface area contributed by atoms with Crippen molar-refractivity contribution in [2.24, 2.45) is 11.0 Å². The van der Waals surface area contributed by atoms with Gasteiger partial charge in [0.25, 0.3) is 0 Å². The summed E-state index contributed by atoms with van der Waals surface area (Å²) in [4.78, 5) is 12.8. The van der Waals surface area contributed by atoms with Crippen molar-refractivity contribution in [3.05, 3.63) is 42.0 Å². The highest BCUT2D eigenvalue weighted by Gasteiger charge is 2.32. The molecule has 1 aliphatic heterocycles. The number of carbonyl (C=O) groups is 1. The molecule has 0 bridgehead atoms. The minimum absolute atomic E-state index is 0.121. The van der Waals surface area contributed by atoms with E-state index < -0.39 is 10.0 Å². The molecular formula is C26H35N3O7S. The molecule has 1 N–H and O–H groups in total. The molecule has 2 aromatic carbocycles. The quantitative estimate of drug-likeness (QED) is 0.328. The number of benzene rings is 2. The van der Waals surface area contributed by atoms with Gasteiger partial charge in [-0.1, -0.05) is 6.92 Å². The molecule has 0 spiro atoms. The number of carbonyl (C=O) groups excluding carboxylic acids is 1. The molecule has 11 heteroatoms. The molecule has 10 nitrogen and oxygen atoms in total. The van der Waals surface area contributed by atoms with Gasteiger partial charge < -0.3 is 18.9 Å². The molecule has 1 saturated heterocycles. The summed E-state index contributed by atoms with van der Waals surface area (Å²) in [6, 6.07) is 9.96. The number of amides is 1. The van der Waals surface area contributed by atoms with Crippen LogP contribution in [0.1, 0.15) is 38.7 Å². The number of nitrogens with zero attached hydrogens (tertiary/aromatic N) is 2. The third-order valence-electron chi connectivity index (χ3n) is 5.94. The first-order chi connectivity index (χ1) is 17.8. The molecule has 0 radical (unpaired) electrons. The van der Waals surface area contributed by atoms with Crippen molar-refractivity contribution in [3.8, 4) is 23.0 Å². The van der Waals surface area contributed by atoms with Crippen LogP contribution in [0.3, 0.4) is 0 Å². The predicted molar refractivity (Wildman–Crippen MR) is 140 cm³/mol. The van der Waals surface area contributed by atoms with E-state index in [1.165, 1.54) is 30.7 Å². The third kappa shape index (κ3) is 7.14. The number of piperidine rings is 1. The summed E-state index contributed by atoms with van der Waals surface area (Å²) in [7, 11) is -0.782. The van der Waals surface area contributed by atoms with Gasteiger partial charge in [0, 0.05) is 25.1 Å². The van der Waals surface area contributed by atoms with Gasteiger partial charge in [-0.05, 0) is 62.1 Å². The summed E-state index contributed by atoms with van der Waals surface area (Å²) in [5.41, 5.74) is 3.33. The zero-order valence-electron chi connectivity index (χ0n) is 21.7. The fourth-order valence-electron chi connectivity index (χ4n) is 3.95. The summed E-state index contributed by atoms with van der Waals surface area (Å²) in [6.07, 6.45) is 3.22. The smallest absolute Gasteiger partial charge is 0.243 e. The number of hydrazone groups is 1. The molecule has 37 heavy (non-hydrogen) atoms. The van der Waals surface area contributed by atoms with E-state index in [9.17, 15) is 13.2 Å². The molecule has 1 amide bonds. The van der Waals surface area contributed by atoms with E-state index in [1.54, 1.807) is 12.3 Å². The first-order valence-electron chi connectivity index (χ1n) is 12.3. The van der Waals surface area contributed by atoms with Crippen LogP contribution in [0.15, 0.2) is 46.4 Å². The average Bonchev–Trinajstić information content (AvgIpc) is 2.92. The number of rotatable bonds is 12. The first-order valence-corrected chi connectivity index (χ1v) is 13.7. The maximum absolute atomic E-state index is 13.1. The monoisotopic (exact) mass is 533 g/mol. The molecule has 0 saturated carbocycles. The number of hydrogen-bond acceptors (Lipinski definition) is 8. The Morgan fingerprint density at radius 3 is 2.35 bits per heavy atom. The van der Waals surface area contributed by atoms with Crippen molar-refractivity contribution in [3.63, 3.8) is 0 Å². The average molecular weight is 534 g/mol. The highest BCUT2D eigenvalue weighted by Crippen LogP contribution is 2.32. The van der Waals surface area contributed by atoms with Crippen molar-refractivity contribution in [2.75, 3.05) is 40.5 Å². The van der Waals surface area contributed by atoms with Gasteiger partial charge in [-0.3, -0.25) is 4.79 Å². The highest BCUT2D eigenvalue weighted by molar-refractivity contribution is 7.89. The lowest BCUT2D eigenvalue weighted by atomic mass is 9.98. The Hall–Kier alpha value is -3.31. The van der Waals surface area contributed by atoms with Crippen molar-refractivity contribution in [1.82, 2.24) is 9.73 Å². The lowest BCUT2D eigenvalue weighted by Gasteiger charge is -2.30. The highest BCUT2D eigenvalue weighted by atomic mass is 32.2. The maximum Gasteiger partial charge on any atom is 0.243 e. The molecule has 1 aliphatic rings. The molecule has 2 aromatic rings. The summed E-state index contributed by atoms with van der Waals surface area (Å²) >= 11 is 0. The minimum Gasteiger partial charge on any atom is -0.493 e. The summed E-state index contributed by atoms with van der Waals surface area (Å²) in [5.74, 6) is 1.50. The molecule has 0 atom stereocenters. The Morgan fingerprint density at radius 2 is 1.70 bits per heavy atom. The first kappa shape index (κ1) is 28.3. The Morgan fingerprint density at radius 1 is 1.00 bits per heavy atom. The van der Waals surface area contributed by atoms with Crippen LogP contribution in [-0.2, 0) is 14.8 Å². The molecule has 1 heterocycles. The van der Waals surface area contributed by atoms with Gasteiger partial charge in [-0.15, -0.1) is 0 Å². The maximum atomic E-state index is 13.1. The zero-order chi connectivity index (χ0) is 26.8. The fraction of sp³-hybridized carbons (Fsp3) is 0.462. The van der Waals surface area contributed by atoms with Crippen molar-refractivity contribution >= 4 is 22.1 Å². The second kappa shape index (κ2) is 13.3. The third-order valence-corrected chi connectivity index (χ3v) is 7.83. The topological polar surface area (TPSA) is 116 Å². The van der Waals surface area contributed by atoms with Crippen LogP contribution >= 0.6 is 0 Å². The second-order valence-corrected chi connectivity index (χ2v) is 10.4. The molecule has 0 aromatic heterocycles. The van der Waals surface area contributed by atoms with E-state index in [4.69, 9.17) is 18.9 Å². The van der Waals surface area contributed by atoms with Crippen LogP contribution in [0, 0.1) is 5.92 Å². The van der Waals surface area contributed by atoms with Crippen molar-refractivity contribution in [2.45, 2.75) is 38.0 Å². The van der Waals surface area contributed by atoms with Crippen molar-refractivity contribution in [1.29, 1.82) is 0 Å². The number of hydrogen-bond donors (Lipinski definition) is 1. The number of sulfonamides is 1. The lowest BCUT2D eigenvalue weighted by molar-refractivity contribution is -0.126. The van der Waals surface area contributed by atoms with Crippen LogP contribution < -0.4 is 24.4 Å². The molecule has 202 valence electrons. The molecular weight excluding hydrogens is 498 g/mol. The molecule has 0 aliphatic carbocycles. The van der Waals surface area contributed by atoms with Crippen molar-refractivity contribution < 1.29 is 32.2 Å². The minimum atomic E-state index is -3.73. The standard InChI is InChI=1S/C26H35N3O7S/c1-5-15-36-23-9-7-19(16-25(23)35-6-2)18-27-28-26(30)20-11-13-29(14-12-20)37(31,32)21-8-10-22(33-3)24(17-21)34-4/h7-10,16-18,20H,5-6,11-15H2,1-4H3,(H,28,30)/b27-18-. The van der Waals surface area contributed by atoms with Gasteiger partial charge in [0.1, 0.15) is 0 Å². The van der Waals surface area contributed by atoms with Gasteiger partial charge in [-0.2, -0.15) is 9.41 Å². The zero-order valence-corrected chi connectivity index (χ0v) is 22.5.